The molecule has 94 valence electrons. The minimum atomic E-state index is 0.307. The highest BCUT2D eigenvalue weighted by Gasteiger charge is 2.22. The maximum atomic E-state index is 4.43. The number of pyridine rings is 1. The second-order valence-corrected chi connectivity index (χ2v) is 5.89. The first-order valence-electron chi connectivity index (χ1n) is 6.58. The van der Waals surface area contributed by atoms with Gasteiger partial charge in [-0.3, -0.25) is 4.98 Å². The molecule has 2 heterocycles. The molecule has 0 spiro atoms. The van der Waals surface area contributed by atoms with Crippen molar-refractivity contribution in [2.45, 2.75) is 38.3 Å². The first-order valence-corrected chi connectivity index (χ1v) is 7.46. The zero-order valence-electron chi connectivity index (χ0n) is 10.6. The third kappa shape index (κ3) is 2.33. The summed E-state index contributed by atoms with van der Waals surface area (Å²) >= 11 is 1.90. The van der Waals surface area contributed by atoms with Crippen molar-refractivity contribution in [1.82, 2.24) is 10.3 Å². The zero-order chi connectivity index (χ0) is 12.4. The molecule has 0 saturated heterocycles. The number of aryl methyl sites for hydroxylation is 1. The quantitative estimate of drug-likeness (QED) is 0.904. The lowest BCUT2D eigenvalue weighted by atomic mass is 9.93. The van der Waals surface area contributed by atoms with Crippen molar-refractivity contribution in [2.24, 2.45) is 0 Å². The Kier molecular flexibility index (Phi) is 3.43. The van der Waals surface area contributed by atoms with Gasteiger partial charge >= 0.3 is 0 Å². The second-order valence-electron chi connectivity index (χ2n) is 4.89. The lowest BCUT2D eigenvalue weighted by molar-refractivity contribution is 0.414. The number of fused-ring (bicyclic) bond motifs is 1. The summed E-state index contributed by atoms with van der Waals surface area (Å²) in [5.41, 5.74) is 2.63. The molecule has 0 saturated carbocycles. The van der Waals surface area contributed by atoms with Gasteiger partial charge in [-0.1, -0.05) is 6.07 Å². The average molecular weight is 258 g/mol. The Balaban J connectivity index is 1.75. The van der Waals surface area contributed by atoms with Crippen LogP contribution in [0.25, 0.3) is 0 Å². The molecule has 0 fully saturated rings. The molecule has 2 atom stereocenters. The summed E-state index contributed by atoms with van der Waals surface area (Å²) in [7, 11) is 0. The van der Waals surface area contributed by atoms with Gasteiger partial charge in [-0.25, -0.2) is 0 Å². The lowest BCUT2D eigenvalue weighted by Crippen LogP contribution is -2.27. The Labute approximate surface area is 112 Å². The fourth-order valence-corrected chi connectivity index (χ4v) is 3.67. The Morgan fingerprint density at radius 3 is 3.17 bits per heavy atom. The topological polar surface area (TPSA) is 24.9 Å². The van der Waals surface area contributed by atoms with Crippen LogP contribution in [0.1, 0.15) is 48.0 Å². The first kappa shape index (κ1) is 11.9. The number of rotatable bonds is 3. The van der Waals surface area contributed by atoms with Crippen LogP contribution in [0.15, 0.2) is 35.8 Å². The molecule has 1 aliphatic rings. The highest BCUT2D eigenvalue weighted by atomic mass is 32.1. The Morgan fingerprint density at radius 1 is 1.39 bits per heavy atom. The summed E-state index contributed by atoms with van der Waals surface area (Å²) in [4.78, 5) is 5.99. The normalized spacial score (nSPS) is 20.4. The molecule has 1 aliphatic carbocycles. The number of nitrogens with zero attached hydrogens (tertiary/aromatic N) is 1. The molecule has 0 bridgehead atoms. The SMILES string of the molecule is C[C@H](NC1CCCc2sccc21)c1ccccn1. The minimum Gasteiger partial charge on any atom is -0.302 e. The van der Waals surface area contributed by atoms with E-state index in [0.717, 1.165) is 5.69 Å². The van der Waals surface area contributed by atoms with Crippen molar-refractivity contribution >= 4 is 11.3 Å². The lowest BCUT2D eigenvalue weighted by Gasteiger charge is -2.27. The molecule has 1 unspecified atom stereocenters. The molecule has 0 aliphatic heterocycles. The fourth-order valence-electron chi connectivity index (χ4n) is 2.68. The van der Waals surface area contributed by atoms with Crippen molar-refractivity contribution in [2.75, 3.05) is 0 Å². The summed E-state index contributed by atoms with van der Waals surface area (Å²) in [6, 6.07) is 9.20. The van der Waals surface area contributed by atoms with Gasteiger partial charge in [0.1, 0.15) is 0 Å². The van der Waals surface area contributed by atoms with Crippen LogP contribution in [-0.4, -0.2) is 4.98 Å². The fraction of sp³-hybridized carbons (Fsp3) is 0.400. The Hall–Kier alpha value is -1.19. The monoisotopic (exact) mass is 258 g/mol. The largest absolute Gasteiger partial charge is 0.302 e. The van der Waals surface area contributed by atoms with Crippen LogP contribution in [0.3, 0.4) is 0 Å². The van der Waals surface area contributed by atoms with E-state index in [9.17, 15) is 0 Å². The van der Waals surface area contributed by atoms with Gasteiger partial charge in [0.25, 0.3) is 0 Å². The van der Waals surface area contributed by atoms with Gasteiger partial charge in [0, 0.05) is 23.2 Å². The maximum absolute atomic E-state index is 4.43. The smallest absolute Gasteiger partial charge is 0.0570 e. The number of hydrogen-bond donors (Lipinski definition) is 1. The average Bonchev–Trinajstić information content (AvgIpc) is 2.89. The molecule has 1 N–H and O–H groups in total. The van der Waals surface area contributed by atoms with Gasteiger partial charge in [0.15, 0.2) is 0 Å². The van der Waals surface area contributed by atoms with Crippen LogP contribution in [0.4, 0.5) is 0 Å². The van der Waals surface area contributed by atoms with Crippen molar-refractivity contribution < 1.29 is 0 Å². The molecule has 3 heteroatoms. The highest BCUT2D eigenvalue weighted by Crippen LogP contribution is 2.34. The molecule has 2 aromatic rings. The predicted molar refractivity (Wildman–Crippen MR) is 75.8 cm³/mol. The van der Waals surface area contributed by atoms with Crippen molar-refractivity contribution in [3.05, 3.63) is 52.0 Å². The van der Waals surface area contributed by atoms with Gasteiger partial charge < -0.3 is 5.32 Å². The van der Waals surface area contributed by atoms with Gasteiger partial charge in [0.05, 0.1) is 5.69 Å². The molecular formula is C15H18N2S. The van der Waals surface area contributed by atoms with Crippen molar-refractivity contribution in [3.63, 3.8) is 0 Å². The predicted octanol–water partition coefficient (Wildman–Crippen LogP) is 3.87. The number of thiophene rings is 1. The van der Waals surface area contributed by atoms with Gasteiger partial charge in [-0.15, -0.1) is 11.3 Å². The molecule has 0 amide bonds. The molecule has 18 heavy (non-hydrogen) atoms. The van der Waals surface area contributed by atoms with Crippen LogP contribution in [0.2, 0.25) is 0 Å². The molecule has 0 radical (unpaired) electrons. The number of nitrogens with one attached hydrogen (secondary N) is 1. The van der Waals surface area contributed by atoms with Crippen molar-refractivity contribution in [3.8, 4) is 0 Å². The van der Waals surface area contributed by atoms with Gasteiger partial charge in [-0.2, -0.15) is 0 Å². The van der Waals surface area contributed by atoms with E-state index in [-0.39, 0.29) is 0 Å². The summed E-state index contributed by atoms with van der Waals surface area (Å²) in [5.74, 6) is 0. The van der Waals surface area contributed by atoms with Crippen molar-refractivity contribution in [1.29, 1.82) is 0 Å². The first-order chi connectivity index (χ1) is 8.84. The van der Waals surface area contributed by atoms with Gasteiger partial charge in [0.2, 0.25) is 0 Å². The Bertz CT molecular complexity index is 506. The van der Waals surface area contributed by atoms with E-state index in [0.29, 0.717) is 12.1 Å². The summed E-state index contributed by atoms with van der Waals surface area (Å²) < 4.78 is 0. The van der Waals surface area contributed by atoms with Crippen LogP contribution in [0, 0.1) is 0 Å². The third-order valence-electron chi connectivity index (χ3n) is 3.63. The van der Waals surface area contributed by atoms with E-state index in [1.54, 1.807) is 4.88 Å². The van der Waals surface area contributed by atoms with E-state index < -0.39 is 0 Å². The van der Waals surface area contributed by atoms with E-state index in [1.807, 2.05) is 23.6 Å². The minimum absolute atomic E-state index is 0.307. The van der Waals surface area contributed by atoms with Crippen LogP contribution in [0.5, 0.6) is 0 Å². The van der Waals surface area contributed by atoms with Crippen LogP contribution < -0.4 is 5.32 Å². The zero-order valence-corrected chi connectivity index (χ0v) is 11.4. The molecular weight excluding hydrogens is 240 g/mol. The van der Waals surface area contributed by atoms with Crippen LogP contribution in [-0.2, 0) is 6.42 Å². The molecule has 0 aromatic carbocycles. The molecule has 2 nitrogen and oxygen atoms in total. The summed E-state index contributed by atoms with van der Waals surface area (Å²) in [6.07, 6.45) is 5.65. The van der Waals surface area contributed by atoms with E-state index in [4.69, 9.17) is 0 Å². The standard InChI is InChI=1S/C15H18N2S/c1-11(13-5-2-3-9-16-13)17-14-6-4-7-15-12(14)8-10-18-15/h2-3,5,8-11,14,17H,4,6-7H2,1H3/t11-,14?/m0/s1. The summed E-state index contributed by atoms with van der Waals surface area (Å²) in [5, 5.41) is 5.94. The highest BCUT2D eigenvalue weighted by molar-refractivity contribution is 7.10. The molecule has 3 rings (SSSR count). The number of aromatic nitrogens is 1. The van der Waals surface area contributed by atoms with E-state index in [1.165, 1.54) is 24.8 Å². The second kappa shape index (κ2) is 5.21. The molecule has 2 aromatic heterocycles. The number of hydrogen-bond acceptors (Lipinski definition) is 3. The maximum Gasteiger partial charge on any atom is 0.0570 e. The van der Waals surface area contributed by atoms with Crippen LogP contribution >= 0.6 is 11.3 Å². The van der Waals surface area contributed by atoms with E-state index >= 15 is 0 Å². The van der Waals surface area contributed by atoms with E-state index in [2.05, 4.69) is 40.8 Å². The Morgan fingerprint density at radius 2 is 2.33 bits per heavy atom. The van der Waals surface area contributed by atoms with Gasteiger partial charge in [-0.05, 0) is 55.3 Å². The summed E-state index contributed by atoms with van der Waals surface area (Å²) in [6.45, 7) is 2.20. The third-order valence-corrected chi connectivity index (χ3v) is 4.63.